The average Bonchev–Trinajstić information content (AvgIpc) is 2.96. The number of nitrogens with two attached hydrogens (primary N) is 1. The first-order valence-electron chi connectivity index (χ1n) is 6.00. The predicted molar refractivity (Wildman–Crippen MR) is 76.3 cm³/mol. The molecule has 0 fully saturated rings. The number of carbonyl (C=O) groups is 2. The number of nitrogens with one attached hydrogen (secondary N) is 2. The van der Waals surface area contributed by atoms with Gasteiger partial charge in [0.1, 0.15) is 0 Å². The van der Waals surface area contributed by atoms with Crippen LogP contribution >= 0.6 is 11.8 Å². The van der Waals surface area contributed by atoms with Crippen molar-refractivity contribution < 1.29 is 19.1 Å². The quantitative estimate of drug-likeness (QED) is 0.488. The molecule has 0 aliphatic carbocycles. The predicted octanol–water partition coefficient (Wildman–Crippen LogP) is -0.572. The second-order valence-corrected chi connectivity index (χ2v) is 5.47. The van der Waals surface area contributed by atoms with Crippen LogP contribution in [0.25, 0.3) is 0 Å². The van der Waals surface area contributed by atoms with Crippen LogP contribution < -0.4 is 21.7 Å². The van der Waals surface area contributed by atoms with E-state index in [4.69, 9.17) is 10.2 Å². The summed E-state index contributed by atoms with van der Waals surface area (Å²) in [5.41, 5.74) is 4.67. The van der Waals surface area contributed by atoms with Gasteiger partial charge in [0.2, 0.25) is 0 Å². The molecule has 0 saturated heterocycles. The number of H-pyrrole nitrogens is 1. The normalized spacial score (nSPS) is 11.9. The maximum Gasteiger partial charge on any atom is 0.291 e. The molecule has 2 aromatic rings. The van der Waals surface area contributed by atoms with Crippen molar-refractivity contribution in [3.8, 4) is 0 Å². The zero-order valence-corrected chi connectivity index (χ0v) is 12.1. The number of carbonyl (C=O) groups excluding carboxylic acids is 2. The molecule has 0 spiro atoms. The lowest BCUT2D eigenvalue weighted by Gasteiger charge is -2.12. The number of hydrogen-bond acceptors (Lipinski definition) is 8. The van der Waals surface area contributed by atoms with Crippen LogP contribution in [0.3, 0.4) is 0 Å². The third-order valence-corrected chi connectivity index (χ3v) is 3.49. The first kappa shape index (κ1) is 15.6. The molecular weight excluding hydrogens is 312 g/mol. The van der Waals surface area contributed by atoms with Gasteiger partial charge >= 0.3 is 0 Å². The van der Waals surface area contributed by atoms with Crippen LogP contribution in [-0.4, -0.2) is 27.1 Å². The number of nitrogens with zero attached hydrogens (tertiary/aromatic N) is 1. The molecule has 4 N–H and O–H groups in total. The second-order valence-electron chi connectivity index (χ2n) is 4.14. The third-order valence-electron chi connectivity index (χ3n) is 2.53. The molecule has 0 radical (unpaired) electrons. The van der Waals surface area contributed by atoms with Gasteiger partial charge in [-0.25, -0.2) is 4.98 Å². The monoisotopic (exact) mass is 323 g/mol. The number of anilines is 2. The minimum Gasteiger partial charge on any atom is -0.549 e. The molecule has 2 aromatic heterocycles. The van der Waals surface area contributed by atoms with E-state index in [0.717, 1.165) is 11.8 Å². The van der Waals surface area contributed by atoms with Crippen LogP contribution in [0.2, 0.25) is 0 Å². The summed E-state index contributed by atoms with van der Waals surface area (Å²) in [6.45, 7) is 1.38. The number of carboxylic acid groups (broad SMARTS) is 1. The Morgan fingerprint density at radius 1 is 1.55 bits per heavy atom. The fraction of sp³-hybridized carbons (Fsp3) is 0.167. The van der Waals surface area contributed by atoms with Gasteiger partial charge in [0, 0.05) is 5.25 Å². The molecule has 2 heterocycles. The minimum absolute atomic E-state index is 0.00262. The number of amides is 1. The summed E-state index contributed by atoms with van der Waals surface area (Å²) in [5, 5.41) is 12.0. The summed E-state index contributed by atoms with van der Waals surface area (Å²) in [5.74, 6) is -2.20. The van der Waals surface area contributed by atoms with Crippen LogP contribution in [0.4, 0.5) is 11.5 Å². The van der Waals surface area contributed by atoms with E-state index in [-0.39, 0.29) is 22.4 Å². The Bertz CT molecular complexity index is 755. The van der Waals surface area contributed by atoms with Crippen molar-refractivity contribution in [1.29, 1.82) is 0 Å². The van der Waals surface area contributed by atoms with E-state index in [2.05, 4.69) is 15.3 Å². The van der Waals surface area contributed by atoms with Gasteiger partial charge in [-0.1, -0.05) is 11.8 Å². The minimum atomic E-state index is -1.30. The summed E-state index contributed by atoms with van der Waals surface area (Å²) in [4.78, 5) is 40.6. The zero-order chi connectivity index (χ0) is 16.3. The van der Waals surface area contributed by atoms with E-state index < -0.39 is 22.7 Å². The molecule has 0 saturated carbocycles. The van der Waals surface area contributed by atoms with Gasteiger partial charge in [-0.15, -0.1) is 0 Å². The topological polar surface area (TPSA) is 154 Å². The lowest BCUT2D eigenvalue weighted by atomic mass is 10.4. The molecule has 0 aliphatic heterocycles. The molecule has 9 nitrogen and oxygen atoms in total. The van der Waals surface area contributed by atoms with Gasteiger partial charge in [-0.2, -0.15) is 0 Å². The van der Waals surface area contributed by atoms with Gasteiger partial charge < -0.3 is 25.4 Å². The van der Waals surface area contributed by atoms with E-state index in [0.29, 0.717) is 0 Å². The number of aromatic amines is 1. The fourth-order valence-corrected chi connectivity index (χ4v) is 2.18. The Kier molecular flexibility index (Phi) is 4.51. The van der Waals surface area contributed by atoms with Crippen LogP contribution in [0.15, 0.2) is 32.8 Å². The number of rotatable bonds is 5. The molecule has 0 aliphatic rings. The average molecular weight is 323 g/mol. The highest BCUT2D eigenvalue weighted by molar-refractivity contribution is 8.00. The third kappa shape index (κ3) is 3.47. The van der Waals surface area contributed by atoms with Crippen LogP contribution in [0.5, 0.6) is 0 Å². The van der Waals surface area contributed by atoms with Gasteiger partial charge in [-0.05, 0) is 19.1 Å². The lowest BCUT2D eigenvalue weighted by molar-refractivity contribution is -0.304. The van der Waals surface area contributed by atoms with Gasteiger partial charge in [0.15, 0.2) is 22.4 Å². The standard InChI is InChI=1S/C12H12N4O5S/c1-5(11(19)20)22-12-15-8(13)7(10(18)16-12)14-9(17)6-3-2-4-21-6/h2-5H,1H3,(H,14,17)(H,19,20)(H3,13,15,16,18)/p-1/t5-/m1/s1. The summed E-state index contributed by atoms with van der Waals surface area (Å²) in [6.07, 6.45) is 1.31. The molecule has 1 amide bonds. The number of aliphatic carboxylic acids is 1. The highest BCUT2D eigenvalue weighted by Gasteiger charge is 2.16. The maximum absolute atomic E-state index is 11.9. The zero-order valence-electron chi connectivity index (χ0n) is 11.3. The Labute approximate surface area is 127 Å². The maximum atomic E-state index is 11.9. The molecule has 10 heteroatoms. The number of hydrogen-bond donors (Lipinski definition) is 3. The van der Waals surface area contributed by atoms with E-state index in [1.807, 2.05) is 0 Å². The number of furan rings is 1. The highest BCUT2D eigenvalue weighted by atomic mass is 32.2. The number of nitrogen functional groups attached to an aromatic ring is 1. The van der Waals surface area contributed by atoms with Crippen molar-refractivity contribution in [2.75, 3.05) is 11.1 Å². The summed E-state index contributed by atoms with van der Waals surface area (Å²) >= 11 is 0.765. The van der Waals surface area contributed by atoms with Crippen molar-refractivity contribution in [2.24, 2.45) is 0 Å². The number of thioether (sulfide) groups is 1. The van der Waals surface area contributed by atoms with Crippen LogP contribution in [0, 0.1) is 0 Å². The SMILES string of the molecule is C[C@@H](Sc1nc(N)c(NC(=O)c2ccco2)c(=O)[nH]1)C(=O)[O-]. The van der Waals surface area contributed by atoms with E-state index in [1.54, 1.807) is 0 Å². The van der Waals surface area contributed by atoms with Crippen molar-refractivity contribution in [3.63, 3.8) is 0 Å². The van der Waals surface area contributed by atoms with E-state index in [1.165, 1.54) is 25.3 Å². The molecule has 0 unspecified atom stereocenters. The highest BCUT2D eigenvalue weighted by Crippen LogP contribution is 2.21. The Balaban J connectivity index is 2.22. The molecule has 0 aromatic carbocycles. The van der Waals surface area contributed by atoms with Crippen LogP contribution in [0.1, 0.15) is 17.5 Å². The fourth-order valence-electron chi connectivity index (χ4n) is 1.44. The number of aromatic nitrogens is 2. The summed E-state index contributed by atoms with van der Waals surface area (Å²) in [6, 6.07) is 2.93. The Morgan fingerprint density at radius 3 is 2.82 bits per heavy atom. The van der Waals surface area contributed by atoms with E-state index in [9.17, 15) is 19.5 Å². The van der Waals surface area contributed by atoms with Crippen molar-refractivity contribution >= 4 is 35.1 Å². The smallest absolute Gasteiger partial charge is 0.291 e. The molecule has 2 rings (SSSR count). The summed E-state index contributed by atoms with van der Waals surface area (Å²) < 4.78 is 4.89. The van der Waals surface area contributed by atoms with Gasteiger partial charge in [-0.3, -0.25) is 14.6 Å². The van der Waals surface area contributed by atoms with Gasteiger partial charge in [0.05, 0.1) is 12.2 Å². The summed E-state index contributed by atoms with van der Waals surface area (Å²) in [7, 11) is 0. The molecule has 1 atom stereocenters. The molecule has 22 heavy (non-hydrogen) atoms. The Hall–Kier alpha value is -2.75. The molecule has 116 valence electrons. The first-order chi connectivity index (χ1) is 10.4. The van der Waals surface area contributed by atoms with Crippen molar-refractivity contribution in [2.45, 2.75) is 17.3 Å². The lowest BCUT2D eigenvalue weighted by Crippen LogP contribution is -2.31. The first-order valence-corrected chi connectivity index (χ1v) is 6.88. The van der Waals surface area contributed by atoms with E-state index >= 15 is 0 Å². The second kappa shape index (κ2) is 6.35. The molecule has 0 bridgehead atoms. The molecular formula is C12H11N4O5S-. The largest absolute Gasteiger partial charge is 0.549 e. The van der Waals surface area contributed by atoms with Crippen molar-refractivity contribution in [1.82, 2.24) is 9.97 Å². The van der Waals surface area contributed by atoms with Crippen molar-refractivity contribution in [3.05, 3.63) is 34.5 Å². The number of carboxylic acids is 1. The Morgan fingerprint density at radius 2 is 2.27 bits per heavy atom. The van der Waals surface area contributed by atoms with Crippen LogP contribution in [-0.2, 0) is 4.79 Å². The van der Waals surface area contributed by atoms with Gasteiger partial charge in [0.25, 0.3) is 11.5 Å².